The first-order valence-electron chi connectivity index (χ1n) is 5.97. The minimum Gasteiger partial charge on any atom is -0.465 e. The number of hydrogen-bond acceptors (Lipinski definition) is 5. The number of ether oxygens (including phenoxy) is 2. The summed E-state index contributed by atoms with van der Waals surface area (Å²) in [6.07, 6.45) is -0.275. The molecule has 0 aromatic carbocycles. The fourth-order valence-electron chi connectivity index (χ4n) is 1.69. The van der Waals surface area contributed by atoms with Crippen molar-refractivity contribution in [3.05, 3.63) is 0 Å². The number of rotatable bonds is 4. The molecule has 1 heterocycles. The van der Waals surface area contributed by atoms with Gasteiger partial charge in [0, 0.05) is 26.2 Å². The number of piperazine rings is 1. The normalized spacial score (nSPS) is 16.7. The van der Waals surface area contributed by atoms with E-state index >= 15 is 0 Å². The predicted octanol–water partition coefficient (Wildman–Crippen LogP) is 0.324. The summed E-state index contributed by atoms with van der Waals surface area (Å²) in [7, 11) is 0. The molecule has 1 aliphatic rings. The molecule has 0 aromatic rings. The van der Waals surface area contributed by atoms with Crippen molar-refractivity contribution < 1.29 is 19.1 Å². The highest BCUT2D eigenvalue weighted by atomic mass is 16.6. The Morgan fingerprint density at radius 2 is 1.59 bits per heavy atom. The minimum absolute atomic E-state index is 0.211. The largest absolute Gasteiger partial charge is 0.465 e. The Labute approximate surface area is 101 Å². The van der Waals surface area contributed by atoms with E-state index in [0.29, 0.717) is 45.9 Å². The van der Waals surface area contributed by atoms with Gasteiger partial charge in [-0.3, -0.25) is 9.69 Å². The molecule has 98 valence electrons. The lowest BCUT2D eigenvalue weighted by molar-refractivity contribution is -0.144. The summed E-state index contributed by atoms with van der Waals surface area (Å²) >= 11 is 0. The van der Waals surface area contributed by atoms with Crippen molar-refractivity contribution in [3.8, 4) is 0 Å². The molecule has 17 heavy (non-hydrogen) atoms. The van der Waals surface area contributed by atoms with Crippen LogP contribution in [0, 0.1) is 0 Å². The zero-order chi connectivity index (χ0) is 12.7. The number of carbonyl (C=O) groups is 2. The van der Waals surface area contributed by atoms with Crippen molar-refractivity contribution in [2.45, 2.75) is 13.8 Å². The van der Waals surface area contributed by atoms with E-state index in [4.69, 9.17) is 9.47 Å². The summed E-state index contributed by atoms with van der Waals surface area (Å²) in [4.78, 5) is 26.3. The first-order chi connectivity index (χ1) is 8.17. The van der Waals surface area contributed by atoms with Crippen LogP contribution in [0.4, 0.5) is 4.79 Å². The highest BCUT2D eigenvalue weighted by Crippen LogP contribution is 2.03. The summed E-state index contributed by atoms with van der Waals surface area (Å²) in [6, 6.07) is 0. The molecular formula is C11H20N2O4. The summed E-state index contributed by atoms with van der Waals surface area (Å²) in [5.74, 6) is -0.211. The highest BCUT2D eigenvalue weighted by molar-refractivity contribution is 5.71. The topological polar surface area (TPSA) is 59.1 Å². The molecule has 0 N–H and O–H groups in total. The molecule has 0 radical (unpaired) electrons. The molecule has 1 fully saturated rings. The van der Waals surface area contributed by atoms with Gasteiger partial charge in [0.05, 0.1) is 19.8 Å². The van der Waals surface area contributed by atoms with Crippen LogP contribution in [0.25, 0.3) is 0 Å². The Morgan fingerprint density at radius 3 is 2.12 bits per heavy atom. The Hall–Kier alpha value is -1.30. The number of amides is 1. The summed E-state index contributed by atoms with van der Waals surface area (Å²) in [5.41, 5.74) is 0. The van der Waals surface area contributed by atoms with Crippen molar-refractivity contribution in [3.63, 3.8) is 0 Å². The molecule has 0 aromatic heterocycles. The van der Waals surface area contributed by atoms with Crippen LogP contribution in [0.2, 0.25) is 0 Å². The van der Waals surface area contributed by atoms with Crippen LogP contribution < -0.4 is 0 Å². The monoisotopic (exact) mass is 244 g/mol. The number of esters is 1. The number of nitrogens with zero attached hydrogens (tertiary/aromatic N) is 2. The Bertz CT molecular complexity index is 262. The second kappa shape index (κ2) is 7.11. The zero-order valence-electron chi connectivity index (χ0n) is 10.5. The highest BCUT2D eigenvalue weighted by Gasteiger charge is 2.23. The lowest BCUT2D eigenvalue weighted by atomic mass is 10.3. The quantitative estimate of drug-likeness (QED) is 0.667. The Kier molecular flexibility index (Phi) is 5.76. The Balaban J connectivity index is 2.26. The zero-order valence-corrected chi connectivity index (χ0v) is 10.5. The van der Waals surface area contributed by atoms with Gasteiger partial charge in [-0.25, -0.2) is 4.79 Å². The maximum absolute atomic E-state index is 11.4. The molecule has 0 spiro atoms. The van der Waals surface area contributed by atoms with Gasteiger partial charge in [-0.2, -0.15) is 0 Å². The van der Waals surface area contributed by atoms with Gasteiger partial charge < -0.3 is 14.4 Å². The van der Waals surface area contributed by atoms with Crippen molar-refractivity contribution >= 4 is 12.1 Å². The molecule has 0 unspecified atom stereocenters. The van der Waals surface area contributed by atoms with Crippen LogP contribution in [0.5, 0.6) is 0 Å². The molecule has 6 heteroatoms. The maximum atomic E-state index is 11.4. The molecule has 6 nitrogen and oxygen atoms in total. The van der Waals surface area contributed by atoms with Crippen LogP contribution >= 0.6 is 0 Å². The summed E-state index contributed by atoms with van der Waals surface area (Å²) in [5, 5.41) is 0. The fourth-order valence-corrected chi connectivity index (χ4v) is 1.69. The van der Waals surface area contributed by atoms with Crippen LogP contribution in [0.3, 0.4) is 0 Å². The van der Waals surface area contributed by atoms with E-state index in [1.165, 1.54) is 0 Å². The van der Waals surface area contributed by atoms with E-state index in [1.54, 1.807) is 18.7 Å². The average Bonchev–Trinajstić information content (AvgIpc) is 2.30. The third kappa shape index (κ3) is 4.60. The first kappa shape index (κ1) is 13.8. The molecule has 0 saturated carbocycles. The average molecular weight is 244 g/mol. The third-order valence-electron chi connectivity index (χ3n) is 2.56. The van der Waals surface area contributed by atoms with Crippen molar-refractivity contribution in [1.82, 2.24) is 9.80 Å². The van der Waals surface area contributed by atoms with Crippen LogP contribution in [0.1, 0.15) is 13.8 Å². The summed E-state index contributed by atoms with van der Waals surface area (Å²) < 4.78 is 9.78. The minimum atomic E-state index is -0.275. The van der Waals surface area contributed by atoms with Crippen molar-refractivity contribution in [2.24, 2.45) is 0 Å². The fraction of sp³-hybridized carbons (Fsp3) is 0.818. The number of carbonyl (C=O) groups excluding carboxylic acids is 2. The second-order valence-electron chi connectivity index (χ2n) is 3.77. The molecule has 0 aliphatic carbocycles. The van der Waals surface area contributed by atoms with Crippen molar-refractivity contribution in [1.29, 1.82) is 0 Å². The van der Waals surface area contributed by atoms with Crippen LogP contribution in [0.15, 0.2) is 0 Å². The van der Waals surface area contributed by atoms with E-state index in [-0.39, 0.29) is 12.1 Å². The lowest BCUT2D eigenvalue weighted by Crippen LogP contribution is -2.50. The Morgan fingerprint density at radius 1 is 1.00 bits per heavy atom. The molecular weight excluding hydrogens is 224 g/mol. The molecule has 1 aliphatic heterocycles. The molecule has 1 amide bonds. The van der Waals surface area contributed by atoms with Gasteiger partial charge in [0.15, 0.2) is 0 Å². The van der Waals surface area contributed by atoms with E-state index in [9.17, 15) is 9.59 Å². The molecule has 1 saturated heterocycles. The summed E-state index contributed by atoms with van der Waals surface area (Å²) in [6.45, 7) is 7.21. The van der Waals surface area contributed by atoms with Gasteiger partial charge in [0.25, 0.3) is 0 Å². The molecule has 0 atom stereocenters. The molecule has 0 bridgehead atoms. The van der Waals surface area contributed by atoms with Crippen molar-refractivity contribution in [2.75, 3.05) is 45.9 Å². The van der Waals surface area contributed by atoms with Crippen LogP contribution in [-0.4, -0.2) is 67.8 Å². The van der Waals surface area contributed by atoms with Gasteiger partial charge in [0.2, 0.25) is 0 Å². The second-order valence-corrected chi connectivity index (χ2v) is 3.77. The first-order valence-corrected chi connectivity index (χ1v) is 5.97. The third-order valence-corrected chi connectivity index (χ3v) is 2.56. The molecule has 1 rings (SSSR count). The predicted molar refractivity (Wildman–Crippen MR) is 61.7 cm³/mol. The van der Waals surface area contributed by atoms with E-state index in [0.717, 1.165) is 0 Å². The number of hydrogen-bond donors (Lipinski definition) is 0. The van der Waals surface area contributed by atoms with Gasteiger partial charge >= 0.3 is 12.1 Å². The SMILES string of the molecule is CCOC(=O)CN1CCN(C(=O)OCC)CC1. The standard InChI is InChI=1S/C11H20N2O4/c1-3-16-10(14)9-12-5-7-13(8-6-12)11(15)17-4-2/h3-9H2,1-2H3. The van der Waals surface area contributed by atoms with Gasteiger partial charge in [-0.15, -0.1) is 0 Å². The smallest absolute Gasteiger partial charge is 0.409 e. The van der Waals surface area contributed by atoms with E-state index < -0.39 is 0 Å². The van der Waals surface area contributed by atoms with Gasteiger partial charge in [-0.05, 0) is 13.8 Å². The van der Waals surface area contributed by atoms with Gasteiger partial charge in [0.1, 0.15) is 0 Å². The lowest BCUT2D eigenvalue weighted by Gasteiger charge is -2.33. The van der Waals surface area contributed by atoms with Crippen LogP contribution in [-0.2, 0) is 14.3 Å². The van der Waals surface area contributed by atoms with Gasteiger partial charge in [-0.1, -0.05) is 0 Å². The van der Waals surface area contributed by atoms with E-state index in [1.807, 2.05) is 4.90 Å². The maximum Gasteiger partial charge on any atom is 0.409 e. The van der Waals surface area contributed by atoms with E-state index in [2.05, 4.69) is 0 Å².